The van der Waals surface area contributed by atoms with E-state index in [4.69, 9.17) is 10.5 Å². The number of nitrogens with zero attached hydrogens (tertiary/aromatic N) is 1. The number of hydrogen-bond acceptors (Lipinski definition) is 4. The first-order chi connectivity index (χ1) is 9.17. The Hall–Kier alpha value is -1.30. The number of nitrogens with one attached hydrogen (secondary N) is 1. The average molecular weight is 271 g/mol. The lowest BCUT2D eigenvalue weighted by Crippen LogP contribution is -2.49. The highest BCUT2D eigenvalue weighted by Gasteiger charge is 2.24. The SMILES string of the molecule is CCOC(=O)NC1CCCN(C(=O)CCCCN)C1. The van der Waals surface area contributed by atoms with Crippen LogP contribution in [0.2, 0.25) is 0 Å². The topological polar surface area (TPSA) is 84.7 Å². The lowest BCUT2D eigenvalue weighted by Gasteiger charge is -2.33. The number of unbranched alkanes of at least 4 members (excludes halogenated alkanes) is 1. The maximum Gasteiger partial charge on any atom is 0.407 e. The molecule has 110 valence electrons. The molecule has 1 unspecified atom stereocenters. The van der Waals surface area contributed by atoms with Crippen LogP contribution >= 0.6 is 0 Å². The molecule has 1 fully saturated rings. The van der Waals surface area contributed by atoms with Crippen molar-refractivity contribution in [3.63, 3.8) is 0 Å². The second-order valence-corrected chi connectivity index (χ2v) is 4.79. The second-order valence-electron chi connectivity index (χ2n) is 4.79. The lowest BCUT2D eigenvalue weighted by atomic mass is 10.1. The zero-order valence-corrected chi connectivity index (χ0v) is 11.7. The van der Waals surface area contributed by atoms with Crippen molar-refractivity contribution < 1.29 is 14.3 Å². The Balaban J connectivity index is 2.32. The standard InChI is InChI=1S/C13H25N3O3/c1-2-19-13(18)15-11-6-5-9-16(10-11)12(17)7-3-4-8-14/h11H,2-10,14H2,1H3,(H,15,18). The maximum atomic E-state index is 12.0. The van der Waals surface area contributed by atoms with Crippen molar-refractivity contribution in [2.45, 2.75) is 45.1 Å². The van der Waals surface area contributed by atoms with Gasteiger partial charge in [0.15, 0.2) is 0 Å². The summed E-state index contributed by atoms with van der Waals surface area (Å²) in [4.78, 5) is 25.1. The predicted molar refractivity (Wildman–Crippen MR) is 72.7 cm³/mol. The Morgan fingerprint density at radius 1 is 1.42 bits per heavy atom. The number of carbonyl (C=O) groups excluding carboxylic acids is 2. The van der Waals surface area contributed by atoms with Gasteiger partial charge in [0.1, 0.15) is 0 Å². The van der Waals surface area contributed by atoms with Crippen molar-refractivity contribution in [2.24, 2.45) is 5.73 Å². The summed E-state index contributed by atoms with van der Waals surface area (Å²) in [7, 11) is 0. The monoisotopic (exact) mass is 271 g/mol. The summed E-state index contributed by atoms with van der Waals surface area (Å²) in [5.41, 5.74) is 5.41. The summed E-state index contributed by atoms with van der Waals surface area (Å²) < 4.78 is 4.85. The lowest BCUT2D eigenvalue weighted by molar-refractivity contribution is -0.132. The number of amides is 2. The van der Waals surface area contributed by atoms with Crippen LogP contribution in [-0.2, 0) is 9.53 Å². The minimum atomic E-state index is -0.398. The van der Waals surface area contributed by atoms with E-state index in [1.165, 1.54) is 0 Å². The largest absolute Gasteiger partial charge is 0.450 e. The molecule has 6 nitrogen and oxygen atoms in total. The van der Waals surface area contributed by atoms with Crippen LogP contribution < -0.4 is 11.1 Å². The van der Waals surface area contributed by atoms with E-state index in [0.29, 0.717) is 26.1 Å². The molecule has 1 heterocycles. The Kier molecular flexibility index (Phi) is 7.25. The molecule has 0 aromatic carbocycles. The summed E-state index contributed by atoms with van der Waals surface area (Å²) >= 11 is 0. The van der Waals surface area contributed by atoms with E-state index in [9.17, 15) is 9.59 Å². The number of hydrogen-bond donors (Lipinski definition) is 2. The summed E-state index contributed by atoms with van der Waals surface area (Å²) in [6.07, 6.45) is 3.67. The van der Waals surface area contributed by atoms with Crippen LogP contribution in [0.1, 0.15) is 39.0 Å². The molecule has 0 bridgehead atoms. The highest BCUT2D eigenvalue weighted by molar-refractivity contribution is 5.76. The molecule has 1 rings (SSSR count). The molecule has 0 radical (unpaired) electrons. The van der Waals surface area contributed by atoms with Crippen molar-refractivity contribution in [2.75, 3.05) is 26.2 Å². The van der Waals surface area contributed by atoms with Gasteiger partial charge in [0.25, 0.3) is 0 Å². The van der Waals surface area contributed by atoms with Gasteiger partial charge in [-0.3, -0.25) is 4.79 Å². The maximum absolute atomic E-state index is 12.0. The zero-order valence-electron chi connectivity index (χ0n) is 11.7. The quantitative estimate of drug-likeness (QED) is 0.701. The fourth-order valence-electron chi connectivity index (χ4n) is 2.24. The fraction of sp³-hybridized carbons (Fsp3) is 0.846. The van der Waals surface area contributed by atoms with Gasteiger partial charge in [-0.2, -0.15) is 0 Å². The first-order valence-electron chi connectivity index (χ1n) is 7.08. The van der Waals surface area contributed by atoms with Crippen LogP contribution in [-0.4, -0.2) is 49.2 Å². The predicted octanol–water partition coefficient (Wildman–Crippen LogP) is 0.853. The number of piperidine rings is 1. The van der Waals surface area contributed by atoms with E-state index in [-0.39, 0.29) is 11.9 Å². The molecule has 0 saturated carbocycles. The second kappa shape index (κ2) is 8.74. The third kappa shape index (κ3) is 5.92. The van der Waals surface area contributed by atoms with E-state index < -0.39 is 6.09 Å². The third-order valence-electron chi connectivity index (χ3n) is 3.22. The first kappa shape index (κ1) is 15.8. The van der Waals surface area contributed by atoms with Gasteiger partial charge < -0.3 is 20.7 Å². The Morgan fingerprint density at radius 2 is 2.21 bits per heavy atom. The van der Waals surface area contributed by atoms with E-state index in [0.717, 1.165) is 32.2 Å². The summed E-state index contributed by atoms with van der Waals surface area (Å²) in [6.45, 7) is 4.12. The van der Waals surface area contributed by atoms with Crippen LogP contribution in [0.5, 0.6) is 0 Å². The molecule has 1 saturated heterocycles. The number of likely N-dealkylation sites (tertiary alicyclic amines) is 1. The normalized spacial score (nSPS) is 19.1. The Labute approximate surface area is 114 Å². The summed E-state index contributed by atoms with van der Waals surface area (Å²) in [5.74, 6) is 0.156. The van der Waals surface area contributed by atoms with Crippen LogP contribution in [0, 0.1) is 0 Å². The molecule has 0 spiro atoms. The molecule has 1 aliphatic rings. The van der Waals surface area contributed by atoms with E-state index >= 15 is 0 Å². The van der Waals surface area contributed by atoms with Crippen molar-refractivity contribution in [1.29, 1.82) is 0 Å². The molecule has 19 heavy (non-hydrogen) atoms. The fourth-order valence-corrected chi connectivity index (χ4v) is 2.24. The van der Waals surface area contributed by atoms with E-state index in [1.54, 1.807) is 6.92 Å². The van der Waals surface area contributed by atoms with Crippen LogP contribution in [0.25, 0.3) is 0 Å². The van der Waals surface area contributed by atoms with Crippen LogP contribution in [0.4, 0.5) is 4.79 Å². The molecule has 2 amide bonds. The van der Waals surface area contributed by atoms with Gasteiger partial charge in [0.05, 0.1) is 6.61 Å². The minimum Gasteiger partial charge on any atom is -0.450 e. The van der Waals surface area contributed by atoms with Gasteiger partial charge in [-0.1, -0.05) is 0 Å². The Morgan fingerprint density at radius 3 is 2.89 bits per heavy atom. The van der Waals surface area contributed by atoms with Gasteiger partial charge in [-0.25, -0.2) is 4.79 Å². The van der Waals surface area contributed by atoms with E-state index in [1.807, 2.05) is 4.90 Å². The molecule has 0 aliphatic carbocycles. The van der Waals surface area contributed by atoms with Gasteiger partial charge >= 0.3 is 6.09 Å². The Bertz CT molecular complexity index is 297. The molecule has 0 aromatic rings. The van der Waals surface area contributed by atoms with Gasteiger partial charge in [0, 0.05) is 25.6 Å². The first-order valence-corrected chi connectivity index (χ1v) is 7.08. The number of nitrogens with two attached hydrogens (primary N) is 1. The number of carbonyl (C=O) groups is 2. The van der Waals surface area contributed by atoms with Gasteiger partial charge in [0.2, 0.25) is 5.91 Å². The van der Waals surface area contributed by atoms with Crippen molar-refractivity contribution in [1.82, 2.24) is 10.2 Å². The molecule has 1 aliphatic heterocycles. The molecule has 0 aromatic heterocycles. The van der Waals surface area contributed by atoms with Crippen molar-refractivity contribution >= 4 is 12.0 Å². The summed E-state index contributed by atoms with van der Waals surface area (Å²) in [5, 5.41) is 2.80. The average Bonchev–Trinajstić information content (AvgIpc) is 2.39. The number of rotatable bonds is 6. The van der Waals surface area contributed by atoms with Crippen molar-refractivity contribution in [3.05, 3.63) is 0 Å². The third-order valence-corrected chi connectivity index (χ3v) is 3.22. The van der Waals surface area contributed by atoms with Gasteiger partial charge in [-0.15, -0.1) is 0 Å². The molecule has 1 atom stereocenters. The molecular weight excluding hydrogens is 246 g/mol. The number of alkyl carbamates (subject to hydrolysis) is 1. The van der Waals surface area contributed by atoms with Crippen molar-refractivity contribution in [3.8, 4) is 0 Å². The highest BCUT2D eigenvalue weighted by Crippen LogP contribution is 2.12. The summed E-state index contributed by atoms with van der Waals surface area (Å²) in [6, 6.07) is 0.00579. The minimum absolute atomic E-state index is 0.00579. The molecule has 6 heteroatoms. The highest BCUT2D eigenvalue weighted by atomic mass is 16.5. The molecule has 3 N–H and O–H groups in total. The smallest absolute Gasteiger partial charge is 0.407 e. The van der Waals surface area contributed by atoms with Gasteiger partial charge in [-0.05, 0) is 39.2 Å². The van der Waals surface area contributed by atoms with E-state index in [2.05, 4.69) is 5.32 Å². The van der Waals surface area contributed by atoms with Crippen LogP contribution in [0.3, 0.4) is 0 Å². The number of ether oxygens (including phenoxy) is 1. The zero-order chi connectivity index (χ0) is 14.1. The van der Waals surface area contributed by atoms with Crippen LogP contribution in [0.15, 0.2) is 0 Å². The molecular formula is C13H25N3O3.